The minimum Gasteiger partial charge on any atom is -0.371 e. The summed E-state index contributed by atoms with van der Waals surface area (Å²) in [5.41, 5.74) is -1.54. The summed E-state index contributed by atoms with van der Waals surface area (Å²) in [6, 6.07) is 8.27. The normalized spacial score (nSPS) is 16.8. The number of rotatable bonds is 3. The van der Waals surface area contributed by atoms with Gasteiger partial charge in [-0.3, -0.25) is 4.79 Å². The summed E-state index contributed by atoms with van der Waals surface area (Å²) >= 11 is 0. The van der Waals surface area contributed by atoms with Crippen molar-refractivity contribution in [2.75, 3.05) is 18.0 Å². The average molecular weight is 414 g/mol. The van der Waals surface area contributed by atoms with Gasteiger partial charge in [0.25, 0.3) is 0 Å². The number of hydrogen-bond acceptors (Lipinski definition) is 2. The fraction of sp³-hybridized carbons (Fsp3) is 0.333. The Morgan fingerprint density at radius 2 is 1.28 bits per heavy atom. The molecule has 0 amide bonds. The fourth-order valence-corrected chi connectivity index (χ4v) is 3.30. The van der Waals surface area contributed by atoms with Crippen LogP contribution in [0.4, 0.5) is 32.0 Å². The molecule has 0 aliphatic carbocycles. The lowest BCUT2D eigenvalue weighted by Crippen LogP contribution is -2.33. The van der Waals surface area contributed by atoms with Crippen molar-refractivity contribution in [2.45, 2.75) is 31.1 Å². The van der Waals surface area contributed by atoms with E-state index >= 15 is 0 Å². The number of benzene rings is 2. The van der Waals surface area contributed by atoms with Gasteiger partial charge in [-0.1, -0.05) is 12.1 Å². The van der Waals surface area contributed by atoms with E-state index in [1.807, 2.05) is 4.90 Å². The molecule has 1 aliphatic rings. The van der Waals surface area contributed by atoms with Gasteiger partial charge in [0, 0.05) is 37.5 Å². The third kappa shape index (κ3) is 4.92. The van der Waals surface area contributed by atoms with Crippen LogP contribution >= 0.6 is 0 Å². The molecule has 0 bridgehead atoms. The first-order valence-electron chi connectivity index (χ1n) is 8.94. The van der Waals surface area contributed by atoms with Crippen molar-refractivity contribution < 1.29 is 31.1 Å². The summed E-state index contributed by atoms with van der Waals surface area (Å²) in [5, 5.41) is 0. The highest BCUT2D eigenvalue weighted by molar-refractivity contribution is 5.81. The number of piperidine rings is 1. The van der Waals surface area contributed by atoms with E-state index in [1.165, 1.54) is 0 Å². The summed E-state index contributed by atoms with van der Waals surface area (Å²) in [7, 11) is 0. The van der Waals surface area contributed by atoms with Gasteiger partial charge in [0.15, 0.2) is 0 Å². The van der Waals surface area contributed by atoms with Gasteiger partial charge in [0.2, 0.25) is 0 Å². The lowest BCUT2D eigenvalue weighted by atomic mass is 9.90. The second kappa shape index (κ2) is 7.72. The number of carbonyl (C=O) groups excluding carboxylic acids is 1. The van der Waals surface area contributed by atoms with Crippen LogP contribution in [0.5, 0.6) is 0 Å². The molecule has 2 aromatic carbocycles. The lowest BCUT2D eigenvalue weighted by molar-refractivity contribution is -0.143. The first-order valence-corrected chi connectivity index (χ1v) is 8.94. The van der Waals surface area contributed by atoms with Gasteiger partial charge in [-0.2, -0.15) is 26.3 Å². The van der Waals surface area contributed by atoms with E-state index in [1.54, 1.807) is 24.3 Å². The van der Waals surface area contributed by atoms with Crippen molar-refractivity contribution in [3.63, 3.8) is 0 Å². The van der Waals surface area contributed by atoms with Gasteiger partial charge in [0.05, 0.1) is 11.1 Å². The monoisotopic (exact) mass is 414 g/mol. The van der Waals surface area contributed by atoms with E-state index in [0.29, 0.717) is 43.6 Å². The Labute approximate surface area is 164 Å². The molecular weight excluding hydrogens is 396 g/mol. The second-order valence-electron chi connectivity index (χ2n) is 7.01. The van der Waals surface area contributed by atoms with Gasteiger partial charge >= 0.3 is 12.4 Å². The highest BCUT2D eigenvalue weighted by Crippen LogP contribution is 2.39. The quantitative estimate of drug-likeness (QED) is 0.587. The molecule has 1 heterocycles. The smallest absolute Gasteiger partial charge is 0.371 e. The van der Waals surface area contributed by atoms with Crippen molar-refractivity contribution in [3.05, 3.63) is 71.6 Å². The van der Waals surface area contributed by atoms with E-state index in [2.05, 4.69) is 6.92 Å². The largest absolute Gasteiger partial charge is 0.416 e. The van der Waals surface area contributed by atoms with E-state index in [0.717, 1.165) is 5.69 Å². The zero-order chi connectivity index (χ0) is 21.4. The fourth-order valence-electron chi connectivity index (χ4n) is 3.30. The number of nitrogens with zero attached hydrogens (tertiary/aromatic N) is 1. The Kier molecular flexibility index (Phi) is 5.65. The van der Waals surface area contributed by atoms with Crippen molar-refractivity contribution >= 4 is 11.5 Å². The summed E-state index contributed by atoms with van der Waals surface area (Å²) in [5.74, 6) is -0.712. The number of hydrogen-bond donors (Lipinski definition) is 0. The molecule has 3 rings (SSSR count). The predicted octanol–water partition coefficient (Wildman–Crippen LogP) is 5.86. The van der Waals surface area contributed by atoms with Gasteiger partial charge in [0.1, 0.15) is 5.78 Å². The van der Waals surface area contributed by atoms with Crippen LogP contribution in [0.1, 0.15) is 41.0 Å². The van der Waals surface area contributed by atoms with Gasteiger partial charge in [-0.05, 0) is 48.4 Å². The zero-order valence-corrected chi connectivity index (χ0v) is 15.3. The molecule has 1 fully saturated rings. The Balaban J connectivity index is 1.89. The number of halogens is 6. The second-order valence-corrected chi connectivity index (χ2v) is 7.01. The molecule has 1 atom stereocenters. The first kappa shape index (κ1) is 21.2. The van der Waals surface area contributed by atoms with Crippen LogP contribution in [0.15, 0.2) is 42.5 Å². The lowest BCUT2D eigenvalue weighted by Gasteiger charge is -2.28. The minimum absolute atomic E-state index is 0.108. The maximum Gasteiger partial charge on any atom is 0.416 e. The summed E-state index contributed by atoms with van der Waals surface area (Å²) in [6.07, 6.45) is -8.90. The van der Waals surface area contributed by atoms with Gasteiger partial charge in [-0.15, -0.1) is 0 Å². The molecule has 1 aliphatic heterocycles. The standard InChI is InChI=1S/C21H18F6NO/c1-13(14-2-4-18(5-3-14)28-8-6-19(29)7-9-28)15-10-16(20(22,23)24)12-17(11-15)21(25,26)27/h2-5,10-13H,1,6-9H2. The van der Waals surface area contributed by atoms with Crippen molar-refractivity contribution in [3.8, 4) is 0 Å². The molecule has 1 unspecified atom stereocenters. The summed E-state index contributed by atoms with van der Waals surface area (Å²) < 4.78 is 78.4. The third-order valence-corrected chi connectivity index (χ3v) is 4.99. The molecule has 1 saturated heterocycles. The Hall–Kier alpha value is -2.51. The Morgan fingerprint density at radius 1 is 0.793 bits per heavy atom. The first-order chi connectivity index (χ1) is 13.4. The topological polar surface area (TPSA) is 20.3 Å². The van der Waals surface area contributed by atoms with Crippen LogP contribution in [0.3, 0.4) is 0 Å². The van der Waals surface area contributed by atoms with Gasteiger partial charge < -0.3 is 4.90 Å². The Morgan fingerprint density at radius 3 is 1.72 bits per heavy atom. The predicted molar refractivity (Wildman–Crippen MR) is 96.5 cm³/mol. The van der Waals surface area contributed by atoms with E-state index in [4.69, 9.17) is 0 Å². The third-order valence-electron chi connectivity index (χ3n) is 4.99. The van der Waals surface area contributed by atoms with E-state index in [9.17, 15) is 31.1 Å². The van der Waals surface area contributed by atoms with Crippen LogP contribution in [0.2, 0.25) is 0 Å². The molecule has 2 aromatic rings. The number of carbonyl (C=O) groups is 1. The van der Waals surface area contributed by atoms with Crippen LogP contribution in [-0.4, -0.2) is 18.9 Å². The van der Waals surface area contributed by atoms with Crippen LogP contribution < -0.4 is 4.90 Å². The van der Waals surface area contributed by atoms with Gasteiger partial charge in [-0.25, -0.2) is 0 Å². The molecule has 1 radical (unpaired) electrons. The van der Waals surface area contributed by atoms with Crippen molar-refractivity contribution in [2.24, 2.45) is 0 Å². The molecule has 0 aromatic heterocycles. The molecular formula is C21H18F6NO. The summed E-state index contributed by atoms with van der Waals surface area (Å²) in [6.45, 7) is 4.94. The highest BCUT2D eigenvalue weighted by atomic mass is 19.4. The van der Waals surface area contributed by atoms with Crippen molar-refractivity contribution in [1.29, 1.82) is 0 Å². The maximum absolute atomic E-state index is 13.1. The van der Waals surface area contributed by atoms with Crippen molar-refractivity contribution in [1.82, 2.24) is 0 Å². The molecule has 0 saturated carbocycles. The van der Waals surface area contributed by atoms with Crippen LogP contribution in [0, 0.1) is 6.92 Å². The molecule has 2 nitrogen and oxygen atoms in total. The number of ketones is 1. The van der Waals surface area contributed by atoms with Crippen LogP contribution in [0.25, 0.3) is 0 Å². The maximum atomic E-state index is 13.1. The zero-order valence-electron chi connectivity index (χ0n) is 15.3. The molecule has 0 spiro atoms. The highest BCUT2D eigenvalue weighted by Gasteiger charge is 2.37. The number of Topliss-reactive ketones (excluding diaryl/α,β-unsaturated/α-hetero) is 1. The molecule has 8 heteroatoms. The molecule has 29 heavy (non-hydrogen) atoms. The van der Waals surface area contributed by atoms with Crippen LogP contribution in [-0.2, 0) is 17.1 Å². The number of anilines is 1. The summed E-state index contributed by atoms with van der Waals surface area (Å²) in [4.78, 5) is 13.4. The minimum atomic E-state index is -4.90. The Bertz CT molecular complexity index is 843. The average Bonchev–Trinajstić information content (AvgIpc) is 2.66. The molecule has 0 N–H and O–H groups in total. The SMILES string of the molecule is [CH2]C(c1ccc(N2CCC(=O)CC2)cc1)c1cc(C(F)(F)F)cc(C(F)(F)F)c1. The number of alkyl halides is 6. The van der Waals surface area contributed by atoms with E-state index < -0.39 is 29.4 Å². The molecule has 155 valence electrons. The van der Waals surface area contributed by atoms with E-state index in [-0.39, 0.29) is 17.4 Å².